The number of para-hydroxylation sites is 1. The van der Waals surface area contributed by atoms with E-state index in [0.29, 0.717) is 17.2 Å². The standard InChI is InChI=1S/C16H18N6O2/c1-11(2)21-10-12(18-20-21)8-15(23)17-14-9-16(24)22(19-14)13-6-4-3-5-7-13/h3-7,10-11H,8-9H2,1-2H3,(H,17,19,23). The van der Waals surface area contributed by atoms with Crippen molar-refractivity contribution in [3.8, 4) is 0 Å². The lowest BCUT2D eigenvalue weighted by atomic mass is 10.3. The Balaban J connectivity index is 1.63. The van der Waals surface area contributed by atoms with Gasteiger partial charge in [0.25, 0.3) is 5.91 Å². The highest BCUT2D eigenvalue weighted by Gasteiger charge is 2.26. The van der Waals surface area contributed by atoms with Crippen LogP contribution in [0.3, 0.4) is 0 Å². The molecular formula is C16H18N6O2. The summed E-state index contributed by atoms with van der Waals surface area (Å²) in [6, 6.07) is 9.28. The van der Waals surface area contributed by atoms with Gasteiger partial charge in [-0.3, -0.25) is 9.59 Å². The molecule has 2 amide bonds. The lowest BCUT2D eigenvalue weighted by molar-refractivity contribution is -0.119. The minimum atomic E-state index is -0.271. The van der Waals surface area contributed by atoms with Gasteiger partial charge in [0.05, 0.1) is 24.2 Å². The molecule has 0 aliphatic carbocycles. The van der Waals surface area contributed by atoms with Crippen LogP contribution in [0, 0.1) is 0 Å². The van der Waals surface area contributed by atoms with E-state index in [1.54, 1.807) is 23.0 Å². The first-order valence-corrected chi connectivity index (χ1v) is 7.69. The Kier molecular flexibility index (Phi) is 4.37. The number of carbonyl (C=O) groups excluding carboxylic acids is 2. The van der Waals surface area contributed by atoms with Gasteiger partial charge in [-0.05, 0) is 26.0 Å². The second-order valence-corrected chi connectivity index (χ2v) is 5.77. The zero-order valence-electron chi connectivity index (χ0n) is 13.5. The number of aromatic nitrogens is 3. The normalized spacial score (nSPS) is 14.2. The summed E-state index contributed by atoms with van der Waals surface area (Å²) in [5.41, 5.74) is 1.25. The molecule has 0 fully saturated rings. The van der Waals surface area contributed by atoms with Gasteiger partial charge in [0.15, 0.2) is 0 Å². The fraction of sp³-hybridized carbons (Fsp3) is 0.312. The second-order valence-electron chi connectivity index (χ2n) is 5.77. The van der Waals surface area contributed by atoms with Gasteiger partial charge in [-0.2, -0.15) is 10.1 Å². The van der Waals surface area contributed by atoms with Crippen molar-refractivity contribution >= 4 is 23.3 Å². The quantitative estimate of drug-likeness (QED) is 0.915. The van der Waals surface area contributed by atoms with Crippen molar-refractivity contribution in [2.75, 3.05) is 5.01 Å². The highest BCUT2D eigenvalue weighted by Crippen LogP contribution is 2.19. The van der Waals surface area contributed by atoms with Crippen LogP contribution in [-0.2, 0) is 16.0 Å². The Morgan fingerprint density at radius 2 is 2.04 bits per heavy atom. The van der Waals surface area contributed by atoms with Crippen LogP contribution in [0.2, 0.25) is 0 Å². The number of benzene rings is 1. The zero-order valence-corrected chi connectivity index (χ0v) is 13.5. The molecule has 2 heterocycles. The number of hydrazone groups is 1. The van der Waals surface area contributed by atoms with Crippen LogP contribution >= 0.6 is 0 Å². The third-order valence-electron chi connectivity index (χ3n) is 3.49. The number of nitrogens with one attached hydrogen (secondary N) is 1. The van der Waals surface area contributed by atoms with Gasteiger partial charge in [0.1, 0.15) is 5.84 Å². The summed E-state index contributed by atoms with van der Waals surface area (Å²) in [7, 11) is 0. The zero-order chi connectivity index (χ0) is 17.1. The topological polar surface area (TPSA) is 92.5 Å². The first kappa shape index (κ1) is 15.9. The average molecular weight is 326 g/mol. The lowest BCUT2D eigenvalue weighted by Gasteiger charge is -2.10. The molecule has 0 radical (unpaired) electrons. The van der Waals surface area contributed by atoms with E-state index in [2.05, 4.69) is 20.7 Å². The van der Waals surface area contributed by atoms with Crippen molar-refractivity contribution in [2.24, 2.45) is 5.10 Å². The fourth-order valence-electron chi connectivity index (χ4n) is 2.29. The van der Waals surface area contributed by atoms with Crippen LogP contribution in [0.25, 0.3) is 0 Å². The monoisotopic (exact) mass is 326 g/mol. The van der Waals surface area contributed by atoms with E-state index < -0.39 is 0 Å². The van der Waals surface area contributed by atoms with Crippen molar-refractivity contribution in [1.82, 2.24) is 20.3 Å². The highest BCUT2D eigenvalue weighted by molar-refractivity contribution is 6.15. The number of hydrogen-bond donors (Lipinski definition) is 1. The first-order chi connectivity index (χ1) is 11.5. The van der Waals surface area contributed by atoms with E-state index in [-0.39, 0.29) is 30.7 Å². The predicted molar refractivity (Wildman–Crippen MR) is 88.2 cm³/mol. The maximum atomic E-state index is 12.1. The van der Waals surface area contributed by atoms with E-state index in [4.69, 9.17) is 0 Å². The smallest absolute Gasteiger partial charge is 0.255 e. The Morgan fingerprint density at radius 1 is 1.29 bits per heavy atom. The van der Waals surface area contributed by atoms with E-state index in [9.17, 15) is 9.59 Å². The third kappa shape index (κ3) is 3.48. The van der Waals surface area contributed by atoms with Crippen LogP contribution in [-0.4, -0.2) is 32.6 Å². The number of anilines is 1. The molecule has 0 bridgehead atoms. The fourth-order valence-corrected chi connectivity index (χ4v) is 2.29. The molecule has 1 aliphatic rings. The number of carbonyl (C=O) groups is 2. The first-order valence-electron chi connectivity index (χ1n) is 7.69. The molecule has 1 aromatic carbocycles. The van der Waals surface area contributed by atoms with E-state index in [1.807, 2.05) is 32.0 Å². The number of amides is 2. The Morgan fingerprint density at radius 3 is 2.71 bits per heavy atom. The number of amidine groups is 1. The van der Waals surface area contributed by atoms with Crippen LogP contribution in [0.1, 0.15) is 32.0 Å². The maximum Gasteiger partial charge on any atom is 0.255 e. The van der Waals surface area contributed by atoms with Crippen LogP contribution in [0.5, 0.6) is 0 Å². The molecule has 1 N–H and O–H groups in total. The summed E-state index contributed by atoms with van der Waals surface area (Å²) in [5, 5.41) is 16.1. The molecule has 2 aromatic rings. The average Bonchev–Trinajstić information content (AvgIpc) is 3.15. The van der Waals surface area contributed by atoms with Crippen molar-refractivity contribution in [1.29, 1.82) is 0 Å². The summed E-state index contributed by atoms with van der Waals surface area (Å²) in [4.78, 5) is 24.1. The van der Waals surface area contributed by atoms with E-state index in [1.165, 1.54) is 5.01 Å². The predicted octanol–water partition coefficient (Wildman–Crippen LogP) is 1.27. The van der Waals surface area contributed by atoms with Crippen molar-refractivity contribution < 1.29 is 9.59 Å². The molecule has 3 rings (SSSR count). The molecule has 24 heavy (non-hydrogen) atoms. The molecule has 1 aromatic heterocycles. The van der Waals surface area contributed by atoms with Gasteiger partial charge in [-0.25, -0.2) is 4.68 Å². The van der Waals surface area contributed by atoms with Crippen LogP contribution in [0.15, 0.2) is 41.6 Å². The maximum absolute atomic E-state index is 12.1. The molecule has 0 spiro atoms. The second kappa shape index (κ2) is 6.61. The van der Waals surface area contributed by atoms with Gasteiger partial charge in [-0.15, -0.1) is 5.10 Å². The molecule has 0 saturated carbocycles. The summed E-state index contributed by atoms with van der Waals surface area (Å²) in [6.07, 6.45) is 1.90. The van der Waals surface area contributed by atoms with Gasteiger partial charge >= 0.3 is 0 Å². The van der Waals surface area contributed by atoms with Gasteiger partial charge in [0.2, 0.25) is 5.91 Å². The number of nitrogens with zero attached hydrogens (tertiary/aromatic N) is 5. The third-order valence-corrected chi connectivity index (χ3v) is 3.49. The summed E-state index contributed by atoms with van der Waals surface area (Å²) in [5.74, 6) is -0.111. The highest BCUT2D eigenvalue weighted by atomic mass is 16.2. The van der Waals surface area contributed by atoms with Crippen molar-refractivity contribution in [2.45, 2.75) is 32.7 Å². The van der Waals surface area contributed by atoms with Crippen LogP contribution in [0.4, 0.5) is 5.69 Å². The largest absolute Gasteiger partial charge is 0.312 e. The van der Waals surface area contributed by atoms with Gasteiger partial charge < -0.3 is 5.32 Å². The molecule has 8 heteroatoms. The molecule has 0 unspecified atom stereocenters. The van der Waals surface area contributed by atoms with Gasteiger partial charge in [0, 0.05) is 12.2 Å². The molecule has 1 aliphatic heterocycles. The Bertz CT molecular complexity index is 781. The molecule has 0 saturated heterocycles. The van der Waals surface area contributed by atoms with Crippen LogP contribution < -0.4 is 10.3 Å². The molecule has 0 atom stereocenters. The Hall–Kier alpha value is -3.03. The van der Waals surface area contributed by atoms with Crippen molar-refractivity contribution in [3.63, 3.8) is 0 Å². The summed E-state index contributed by atoms with van der Waals surface area (Å²) < 4.78 is 1.69. The minimum Gasteiger partial charge on any atom is -0.312 e. The Labute approximate surface area is 139 Å². The molecular weight excluding hydrogens is 308 g/mol. The molecule has 124 valence electrons. The number of hydrogen-bond acceptors (Lipinski definition) is 5. The van der Waals surface area contributed by atoms with Gasteiger partial charge in [-0.1, -0.05) is 23.4 Å². The minimum absolute atomic E-state index is 0.0688. The number of rotatable bonds is 4. The summed E-state index contributed by atoms with van der Waals surface area (Å²) >= 11 is 0. The molecule has 8 nitrogen and oxygen atoms in total. The summed E-state index contributed by atoms with van der Waals surface area (Å²) in [6.45, 7) is 3.96. The van der Waals surface area contributed by atoms with E-state index in [0.717, 1.165) is 0 Å². The van der Waals surface area contributed by atoms with E-state index >= 15 is 0 Å². The lowest BCUT2D eigenvalue weighted by Crippen LogP contribution is -2.31. The SMILES string of the molecule is CC(C)n1cc(CC(=O)NC2=NN(c3ccccc3)C(=O)C2)nn1. The van der Waals surface area contributed by atoms with Crippen molar-refractivity contribution in [3.05, 3.63) is 42.2 Å².